The minimum atomic E-state index is 0.241. The van der Waals surface area contributed by atoms with E-state index in [0.29, 0.717) is 0 Å². The molecule has 0 aliphatic rings. The Bertz CT molecular complexity index is 326. The van der Waals surface area contributed by atoms with Gasteiger partial charge in [0.05, 0.1) is 0 Å². The molecule has 0 fully saturated rings. The van der Waals surface area contributed by atoms with Gasteiger partial charge in [-0.1, -0.05) is 80.5 Å². The lowest BCUT2D eigenvalue weighted by Crippen LogP contribution is -2.16. The summed E-state index contributed by atoms with van der Waals surface area (Å²) >= 11 is 0. The average Bonchev–Trinajstić information content (AvgIpc) is 2.29. The zero-order valence-electron chi connectivity index (χ0n) is 13.9. The van der Waals surface area contributed by atoms with Gasteiger partial charge >= 0.3 is 0 Å². The first-order chi connectivity index (χ1) is 8.14. The van der Waals surface area contributed by atoms with Crippen LogP contribution in [0.25, 0.3) is 0 Å². The molecule has 1 aromatic rings. The topological polar surface area (TPSA) is 0 Å². The first-order valence-electron chi connectivity index (χ1n) is 7.29. The van der Waals surface area contributed by atoms with Crippen molar-refractivity contribution in [3.05, 3.63) is 34.9 Å². The summed E-state index contributed by atoms with van der Waals surface area (Å²) in [5.74, 6) is 0. The third-order valence-corrected chi connectivity index (χ3v) is 3.13. The summed E-state index contributed by atoms with van der Waals surface area (Å²) in [5, 5.41) is 0. The number of hydrogen-bond acceptors (Lipinski definition) is 0. The van der Waals surface area contributed by atoms with E-state index < -0.39 is 0 Å². The Kier molecular flexibility index (Phi) is 6.13. The first kappa shape index (κ1) is 17.2. The molecule has 18 heavy (non-hydrogen) atoms. The predicted octanol–water partition coefficient (Wildman–Crippen LogP) is 5.87. The molecule has 0 nitrogen and oxygen atoms in total. The van der Waals surface area contributed by atoms with Crippen LogP contribution < -0.4 is 0 Å². The van der Waals surface area contributed by atoms with Crippen molar-refractivity contribution in [2.45, 2.75) is 79.6 Å². The highest BCUT2D eigenvalue weighted by atomic mass is 14.2. The smallest absolute Gasteiger partial charge is 0.0132 e. The molecular weight excluding hydrogens is 216 g/mol. The molecule has 0 N–H and O–H groups in total. The van der Waals surface area contributed by atoms with E-state index in [-0.39, 0.29) is 10.8 Å². The van der Waals surface area contributed by atoms with Crippen molar-refractivity contribution in [3.63, 3.8) is 0 Å². The third-order valence-electron chi connectivity index (χ3n) is 3.13. The maximum atomic E-state index is 2.37. The van der Waals surface area contributed by atoms with E-state index in [4.69, 9.17) is 0 Å². The Balaban J connectivity index is 0.00000137. The lowest BCUT2D eigenvalue weighted by Gasteiger charge is -2.26. The molecule has 0 heteroatoms. The van der Waals surface area contributed by atoms with Crippen molar-refractivity contribution >= 4 is 0 Å². The van der Waals surface area contributed by atoms with Crippen molar-refractivity contribution in [3.8, 4) is 0 Å². The summed E-state index contributed by atoms with van der Waals surface area (Å²) in [5.41, 5.74) is 4.85. The Morgan fingerprint density at radius 1 is 0.722 bits per heavy atom. The quantitative estimate of drug-likeness (QED) is 0.583. The molecule has 0 bridgehead atoms. The zero-order chi connectivity index (χ0) is 14.6. The third kappa shape index (κ3) is 4.84. The van der Waals surface area contributed by atoms with Crippen LogP contribution >= 0.6 is 0 Å². The summed E-state index contributed by atoms with van der Waals surface area (Å²) in [6.45, 7) is 19.9. The molecule has 0 aromatic heterocycles. The van der Waals surface area contributed by atoms with E-state index in [9.17, 15) is 0 Å². The summed E-state index contributed by atoms with van der Waals surface area (Å²) in [4.78, 5) is 0. The Labute approximate surface area is 115 Å². The van der Waals surface area contributed by atoms with Crippen LogP contribution in [0.15, 0.2) is 18.2 Å². The highest BCUT2D eigenvalue weighted by molar-refractivity contribution is 5.37. The second-order valence-electron chi connectivity index (χ2n) is 6.77. The lowest BCUT2D eigenvalue weighted by molar-refractivity contribution is 0.567. The molecule has 1 aromatic carbocycles. The molecule has 1 rings (SSSR count). The molecule has 0 heterocycles. The predicted molar refractivity (Wildman–Crippen MR) is 84.6 cm³/mol. The van der Waals surface area contributed by atoms with E-state index in [1.807, 2.05) is 13.8 Å². The molecule has 0 amide bonds. The molecule has 0 atom stereocenters. The number of rotatable bonds is 1. The molecular formula is C18H32. The largest absolute Gasteiger partial charge is 0.0683 e. The standard InChI is InChI=1S/C16H26.C2H6/c1-8-12-9-13(15(2,3)4)11-14(10-12)16(5,6)7;1-2/h9-11H,8H2,1-7H3;1-2H3. The van der Waals surface area contributed by atoms with Crippen molar-refractivity contribution in [2.75, 3.05) is 0 Å². The highest BCUT2D eigenvalue weighted by Gasteiger charge is 2.19. The summed E-state index contributed by atoms with van der Waals surface area (Å²) < 4.78 is 0. The van der Waals surface area contributed by atoms with Crippen LogP contribution in [0.4, 0.5) is 0 Å². The fraction of sp³-hybridized carbons (Fsp3) is 0.667. The van der Waals surface area contributed by atoms with E-state index in [2.05, 4.69) is 66.7 Å². The summed E-state index contributed by atoms with van der Waals surface area (Å²) in [6, 6.07) is 7.09. The van der Waals surface area contributed by atoms with E-state index in [1.54, 1.807) is 0 Å². The average molecular weight is 248 g/mol. The van der Waals surface area contributed by atoms with Gasteiger partial charge in [0.25, 0.3) is 0 Å². The van der Waals surface area contributed by atoms with Gasteiger partial charge in [-0.2, -0.15) is 0 Å². The number of aryl methyl sites for hydroxylation is 1. The highest BCUT2D eigenvalue weighted by Crippen LogP contribution is 2.30. The van der Waals surface area contributed by atoms with E-state index >= 15 is 0 Å². The minimum Gasteiger partial charge on any atom is -0.0683 e. The van der Waals surface area contributed by atoms with Crippen LogP contribution in [0.5, 0.6) is 0 Å². The molecule has 0 radical (unpaired) electrons. The van der Waals surface area contributed by atoms with E-state index in [1.165, 1.54) is 16.7 Å². The van der Waals surface area contributed by atoms with Crippen LogP contribution in [0.1, 0.15) is 79.0 Å². The normalized spacial score (nSPS) is 11.8. The molecule has 0 spiro atoms. The van der Waals surface area contributed by atoms with Crippen molar-refractivity contribution in [1.82, 2.24) is 0 Å². The fourth-order valence-corrected chi connectivity index (χ4v) is 1.76. The van der Waals surface area contributed by atoms with Crippen molar-refractivity contribution in [1.29, 1.82) is 0 Å². The molecule has 104 valence electrons. The zero-order valence-corrected chi connectivity index (χ0v) is 13.9. The molecule has 0 aliphatic heterocycles. The Hall–Kier alpha value is -0.780. The van der Waals surface area contributed by atoms with Gasteiger partial charge in [-0.15, -0.1) is 0 Å². The van der Waals surface area contributed by atoms with Crippen molar-refractivity contribution in [2.24, 2.45) is 0 Å². The van der Waals surface area contributed by atoms with Gasteiger partial charge in [0.1, 0.15) is 0 Å². The van der Waals surface area contributed by atoms with Gasteiger partial charge in [-0.3, -0.25) is 0 Å². The molecule has 0 aliphatic carbocycles. The summed E-state index contributed by atoms with van der Waals surface area (Å²) in [6.07, 6.45) is 1.12. The van der Waals surface area contributed by atoms with Gasteiger partial charge in [-0.05, 0) is 33.9 Å². The lowest BCUT2D eigenvalue weighted by atomic mass is 9.79. The van der Waals surface area contributed by atoms with Crippen LogP contribution in [0.2, 0.25) is 0 Å². The van der Waals surface area contributed by atoms with Gasteiger partial charge in [0.15, 0.2) is 0 Å². The second kappa shape index (κ2) is 6.41. The fourth-order valence-electron chi connectivity index (χ4n) is 1.76. The van der Waals surface area contributed by atoms with Crippen molar-refractivity contribution < 1.29 is 0 Å². The van der Waals surface area contributed by atoms with Crippen LogP contribution in [0.3, 0.4) is 0 Å². The second-order valence-corrected chi connectivity index (χ2v) is 6.77. The van der Waals surface area contributed by atoms with Crippen LogP contribution in [-0.2, 0) is 17.3 Å². The van der Waals surface area contributed by atoms with Gasteiger partial charge in [0.2, 0.25) is 0 Å². The SMILES string of the molecule is CC.CCc1cc(C(C)(C)C)cc(C(C)(C)C)c1. The first-order valence-corrected chi connectivity index (χ1v) is 7.29. The maximum Gasteiger partial charge on any atom is -0.0132 e. The van der Waals surface area contributed by atoms with Gasteiger partial charge < -0.3 is 0 Å². The molecule has 0 saturated heterocycles. The maximum absolute atomic E-state index is 2.37. The molecule has 0 saturated carbocycles. The minimum absolute atomic E-state index is 0.241. The number of benzene rings is 1. The Morgan fingerprint density at radius 3 is 1.28 bits per heavy atom. The number of hydrogen-bond donors (Lipinski definition) is 0. The molecule has 0 unspecified atom stereocenters. The monoisotopic (exact) mass is 248 g/mol. The van der Waals surface area contributed by atoms with Crippen LogP contribution in [0, 0.1) is 0 Å². The summed E-state index contributed by atoms with van der Waals surface area (Å²) in [7, 11) is 0. The van der Waals surface area contributed by atoms with Gasteiger partial charge in [0, 0.05) is 0 Å². The van der Waals surface area contributed by atoms with Gasteiger partial charge in [-0.25, -0.2) is 0 Å². The van der Waals surface area contributed by atoms with Crippen LogP contribution in [-0.4, -0.2) is 0 Å². The Morgan fingerprint density at radius 2 is 1.06 bits per heavy atom. The van der Waals surface area contributed by atoms with E-state index in [0.717, 1.165) is 6.42 Å².